The Morgan fingerprint density at radius 2 is 0.860 bits per heavy atom. The molecule has 0 bridgehead atoms. The Balaban J connectivity index is 1.12. The molecule has 8 aromatic carbocycles. The minimum absolute atomic E-state index is 0.108. The van der Waals surface area contributed by atoms with Crippen LogP contribution in [0.5, 0.6) is 0 Å². The largest absolute Gasteiger partial charge is 0.311 e. The summed E-state index contributed by atoms with van der Waals surface area (Å²) in [5, 5.41) is 7.73. The average molecular weight is 643 g/mol. The molecule has 0 fully saturated rings. The molecule has 0 aliphatic heterocycles. The minimum Gasteiger partial charge on any atom is -0.311 e. The quantitative estimate of drug-likeness (QED) is 0.170. The van der Waals surface area contributed by atoms with E-state index < -0.39 is 0 Å². The van der Waals surface area contributed by atoms with Gasteiger partial charge in [0.1, 0.15) is 0 Å². The second kappa shape index (κ2) is 11.8. The molecule has 0 aliphatic rings. The van der Waals surface area contributed by atoms with Gasteiger partial charge in [0.25, 0.3) is 0 Å². The smallest absolute Gasteiger partial charge is 0.0625 e. The Morgan fingerprint density at radius 3 is 1.48 bits per heavy atom. The molecule has 1 aromatic heterocycles. The summed E-state index contributed by atoms with van der Waals surface area (Å²) in [6.45, 7) is 6.78. The molecule has 0 unspecified atom stereocenters. The summed E-state index contributed by atoms with van der Waals surface area (Å²) in [5.41, 5.74) is 10.9. The maximum atomic E-state index is 2.45. The number of fused-ring (bicyclic) bond motifs is 8. The summed E-state index contributed by atoms with van der Waals surface area (Å²) >= 11 is 0. The van der Waals surface area contributed by atoms with Crippen LogP contribution in [-0.2, 0) is 5.41 Å². The van der Waals surface area contributed by atoms with E-state index in [9.17, 15) is 0 Å². The lowest BCUT2D eigenvalue weighted by atomic mass is 9.87. The zero-order valence-corrected chi connectivity index (χ0v) is 28.6. The van der Waals surface area contributed by atoms with Crippen molar-refractivity contribution < 1.29 is 0 Å². The molecular weight excluding hydrogens is 605 g/mol. The number of hydrogen-bond donors (Lipinski definition) is 0. The highest BCUT2D eigenvalue weighted by Crippen LogP contribution is 2.43. The van der Waals surface area contributed by atoms with Crippen LogP contribution in [0.3, 0.4) is 0 Å². The van der Waals surface area contributed by atoms with Crippen molar-refractivity contribution in [1.29, 1.82) is 0 Å². The molecule has 0 atom stereocenters. The molecule has 240 valence electrons. The second-order valence-electron chi connectivity index (χ2n) is 14.2. The first kappa shape index (κ1) is 30.0. The Hall–Kier alpha value is -6.12. The highest BCUT2D eigenvalue weighted by molar-refractivity contribution is 6.32. The summed E-state index contributed by atoms with van der Waals surface area (Å²) in [6.07, 6.45) is 0. The van der Waals surface area contributed by atoms with Crippen LogP contribution in [0.1, 0.15) is 26.3 Å². The van der Waals surface area contributed by atoms with Gasteiger partial charge < -0.3 is 9.47 Å². The van der Waals surface area contributed by atoms with Crippen molar-refractivity contribution in [2.24, 2.45) is 0 Å². The van der Waals surface area contributed by atoms with Crippen LogP contribution in [0.15, 0.2) is 176 Å². The average Bonchev–Trinajstić information content (AvgIpc) is 3.52. The van der Waals surface area contributed by atoms with Crippen molar-refractivity contribution in [2.45, 2.75) is 26.2 Å². The number of para-hydroxylation sites is 2. The van der Waals surface area contributed by atoms with Gasteiger partial charge >= 0.3 is 0 Å². The van der Waals surface area contributed by atoms with Gasteiger partial charge in [-0.3, -0.25) is 0 Å². The summed E-state index contributed by atoms with van der Waals surface area (Å²) in [5.74, 6) is 0. The van der Waals surface area contributed by atoms with E-state index in [0.29, 0.717) is 0 Å². The fourth-order valence-corrected chi connectivity index (χ4v) is 7.64. The predicted octanol–water partition coefficient (Wildman–Crippen LogP) is 13.5. The van der Waals surface area contributed by atoms with Crippen molar-refractivity contribution in [2.75, 3.05) is 4.90 Å². The molecule has 0 saturated heterocycles. The highest BCUT2D eigenvalue weighted by atomic mass is 15.1. The monoisotopic (exact) mass is 642 g/mol. The van der Waals surface area contributed by atoms with Crippen molar-refractivity contribution >= 4 is 60.4 Å². The molecule has 9 aromatic rings. The molecule has 0 aliphatic carbocycles. The summed E-state index contributed by atoms with van der Waals surface area (Å²) in [4.78, 5) is 2.33. The van der Waals surface area contributed by atoms with E-state index in [4.69, 9.17) is 0 Å². The van der Waals surface area contributed by atoms with Crippen LogP contribution in [0, 0.1) is 0 Å². The molecule has 9 rings (SSSR count). The molecule has 2 nitrogen and oxygen atoms in total. The van der Waals surface area contributed by atoms with Gasteiger partial charge in [-0.2, -0.15) is 0 Å². The third-order valence-corrected chi connectivity index (χ3v) is 10.1. The second-order valence-corrected chi connectivity index (χ2v) is 14.2. The van der Waals surface area contributed by atoms with Crippen LogP contribution >= 0.6 is 0 Å². The Bertz CT molecular complexity index is 2640. The maximum absolute atomic E-state index is 2.45. The van der Waals surface area contributed by atoms with E-state index in [-0.39, 0.29) is 5.41 Å². The molecule has 2 heteroatoms. The van der Waals surface area contributed by atoms with Crippen LogP contribution in [0.25, 0.3) is 60.2 Å². The molecular formula is C48H38N2. The van der Waals surface area contributed by atoms with E-state index in [1.54, 1.807) is 0 Å². The fourth-order valence-electron chi connectivity index (χ4n) is 7.64. The van der Waals surface area contributed by atoms with Crippen LogP contribution in [0.2, 0.25) is 0 Å². The summed E-state index contributed by atoms with van der Waals surface area (Å²) in [6, 6.07) is 64.1. The van der Waals surface area contributed by atoms with Crippen molar-refractivity contribution in [1.82, 2.24) is 4.57 Å². The van der Waals surface area contributed by atoms with Gasteiger partial charge in [-0.15, -0.1) is 0 Å². The topological polar surface area (TPSA) is 8.17 Å². The third-order valence-electron chi connectivity index (χ3n) is 10.1. The first-order valence-corrected chi connectivity index (χ1v) is 17.4. The van der Waals surface area contributed by atoms with E-state index >= 15 is 0 Å². The van der Waals surface area contributed by atoms with Gasteiger partial charge in [-0.1, -0.05) is 142 Å². The standard InChI is InChI=1S/C48H38N2/c1-48(2,3)35-25-31-38(32-26-35)49(36-13-5-4-6-14-36)37-27-21-33(22-28-37)34-23-29-39(30-24-34)50-45-20-12-11-19-44(45)46-42-17-9-7-15-40(42)41-16-8-10-18-43(41)47(46)50/h4-32H,1-3H3. The normalized spacial score (nSPS) is 11.9. The van der Waals surface area contributed by atoms with E-state index in [1.807, 2.05) is 0 Å². The number of aromatic nitrogens is 1. The molecule has 0 amide bonds. The van der Waals surface area contributed by atoms with E-state index in [1.165, 1.54) is 60.0 Å². The van der Waals surface area contributed by atoms with Crippen molar-refractivity contribution in [3.63, 3.8) is 0 Å². The lowest BCUT2D eigenvalue weighted by Crippen LogP contribution is -2.13. The van der Waals surface area contributed by atoms with Gasteiger partial charge in [0, 0.05) is 38.9 Å². The number of hydrogen-bond acceptors (Lipinski definition) is 1. The fraction of sp³-hybridized carbons (Fsp3) is 0.0833. The van der Waals surface area contributed by atoms with Crippen LogP contribution in [0.4, 0.5) is 17.1 Å². The number of anilines is 3. The zero-order chi connectivity index (χ0) is 33.8. The SMILES string of the molecule is CC(C)(C)c1ccc(N(c2ccccc2)c2ccc(-c3ccc(-n4c5ccccc5c5c6ccccc6c6ccccc6c54)cc3)cc2)cc1. The van der Waals surface area contributed by atoms with E-state index in [0.717, 1.165) is 22.7 Å². The zero-order valence-electron chi connectivity index (χ0n) is 28.6. The first-order chi connectivity index (χ1) is 24.5. The Kier molecular flexibility index (Phi) is 7.07. The summed E-state index contributed by atoms with van der Waals surface area (Å²) in [7, 11) is 0. The third kappa shape index (κ3) is 4.95. The lowest BCUT2D eigenvalue weighted by molar-refractivity contribution is 0.590. The number of benzene rings is 8. The molecule has 0 saturated carbocycles. The van der Waals surface area contributed by atoms with Gasteiger partial charge in [0.05, 0.1) is 11.0 Å². The van der Waals surface area contributed by atoms with Crippen molar-refractivity contribution in [3.05, 3.63) is 181 Å². The predicted molar refractivity (Wildman–Crippen MR) is 215 cm³/mol. The van der Waals surface area contributed by atoms with Gasteiger partial charge in [0.2, 0.25) is 0 Å². The van der Waals surface area contributed by atoms with Gasteiger partial charge in [-0.05, 0) is 92.9 Å². The molecule has 0 radical (unpaired) electrons. The Labute approximate surface area is 293 Å². The number of rotatable bonds is 5. The molecule has 50 heavy (non-hydrogen) atoms. The van der Waals surface area contributed by atoms with Gasteiger partial charge in [0.15, 0.2) is 0 Å². The van der Waals surface area contributed by atoms with Gasteiger partial charge in [-0.25, -0.2) is 0 Å². The number of nitrogens with zero attached hydrogens (tertiary/aromatic N) is 2. The van der Waals surface area contributed by atoms with E-state index in [2.05, 4.69) is 206 Å². The maximum Gasteiger partial charge on any atom is 0.0625 e. The minimum atomic E-state index is 0.108. The summed E-state index contributed by atoms with van der Waals surface area (Å²) < 4.78 is 2.45. The molecule has 0 N–H and O–H groups in total. The Morgan fingerprint density at radius 1 is 0.400 bits per heavy atom. The first-order valence-electron chi connectivity index (χ1n) is 17.4. The lowest BCUT2D eigenvalue weighted by Gasteiger charge is -2.27. The molecule has 1 heterocycles. The van der Waals surface area contributed by atoms with Crippen LogP contribution < -0.4 is 4.90 Å². The highest BCUT2D eigenvalue weighted by Gasteiger charge is 2.19. The van der Waals surface area contributed by atoms with Crippen molar-refractivity contribution in [3.8, 4) is 16.8 Å². The molecule has 0 spiro atoms. The van der Waals surface area contributed by atoms with Crippen LogP contribution in [-0.4, -0.2) is 4.57 Å².